The molecule has 0 spiro atoms. The number of hydrogen-bond donors (Lipinski definition) is 1. The summed E-state index contributed by atoms with van der Waals surface area (Å²) in [6.07, 6.45) is 0.945. The van der Waals surface area contributed by atoms with E-state index < -0.39 is 7.60 Å². The van der Waals surface area contributed by atoms with Crippen LogP contribution in [0.5, 0.6) is 0 Å². The Bertz CT molecular complexity index is 229. The van der Waals surface area contributed by atoms with Gasteiger partial charge in [-0.15, -0.1) is 0 Å². The Kier molecular flexibility index (Phi) is 5.75. The fraction of sp³-hybridized carbons (Fsp3) is 0.833. The maximum Gasteiger partial charge on any atom is 1.00 e. The molecule has 1 aliphatic heterocycles. The minimum absolute atomic E-state index is 0. The standard InChI is InChI=1S/C6H12NO4P.Na/c8-6-2-1-3-7(6)4-5-12(9,10)11;/h1-5H2,(H2,9,10,11);/q;+1/p-1. The Balaban J connectivity index is 0.00000144. The molecule has 0 radical (unpaired) electrons. The molecule has 1 N–H and O–H groups in total. The molecule has 0 aromatic heterocycles. The second-order valence-corrected chi connectivity index (χ2v) is 4.57. The predicted octanol–water partition coefficient (Wildman–Crippen LogP) is -3.84. The van der Waals surface area contributed by atoms with E-state index in [1.807, 2.05) is 0 Å². The monoisotopic (exact) mass is 215 g/mol. The van der Waals surface area contributed by atoms with Crippen LogP contribution in [0.3, 0.4) is 0 Å². The molecule has 1 atom stereocenters. The van der Waals surface area contributed by atoms with E-state index in [2.05, 4.69) is 0 Å². The Hall–Kier alpha value is 0.620. The van der Waals surface area contributed by atoms with Crippen molar-refractivity contribution in [2.24, 2.45) is 0 Å². The average molecular weight is 215 g/mol. The van der Waals surface area contributed by atoms with Crippen molar-refractivity contribution in [2.75, 3.05) is 19.3 Å². The minimum atomic E-state index is -4.19. The molecule has 0 aromatic carbocycles. The van der Waals surface area contributed by atoms with E-state index in [1.165, 1.54) is 4.90 Å². The van der Waals surface area contributed by atoms with Crippen LogP contribution in [0.4, 0.5) is 0 Å². The van der Waals surface area contributed by atoms with Crippen LogP contribution in [-0.2, 0) is 9.36 Å². The first-order valence-electron chi connectivity index (χ1n) is 3.80. The van der Waals surface area contributed by atoms with Gasteiger partial charge in [-0.1, -0.05) is 0 Å². The van der Waals surface area contributed by atoms with E-state index >= 15 is 0 Å². The maximum atomic E-state index is 10.9. The SMILES string of the molecule is O=C1CCCN1CCP(=O)([O-])O.[Na+]. The minimum Gasteiger partial charge on any atom is -0.779 e. The summed E-state index contributed by atoms with van der Waals surface area (Å²) in [5, 5.41) is 0. The summed E-state index contributed by atoms with van der Waals surface area (Å²) in [5.74, 6) is -0.0246. The van der Waals surface area contributed by atoms with Gasteiger partial charge >= 0.3 is 29.6 Å². The molecule has 7 heteroatoms. The number of carbonyl (C=O) groups excluding carboxylic acids is 1. The van der Waals surface area contributed by atoms with Gasteiger partial charge in [0.05, 0.1) is 0 Å². The molecule has 1 fully saturated rings. The first-order valence-corrected chi connectivity index (χ1v) is 5.56. The van der Waals surface area contributed by atoms with Crippen LogP contribution < -0.4 is 34.5 Å². The largest absolute Gasteiger partial charge is 1.00 e. The summed E-state index contributed by atoms with van der Waals surface area (Å²) < 4.78 is 10.3. The normalized spacial score (nSPS) is 21.1. The Morgan fingerprint density at radius 2 is 2.23 bits per heavy atom. The molecule has 70 valence electrons. The van der Waals surface area contributed by atoms with Crippen molar-refractivity contribution in [3.8, 4) is 0 Å². The first kappa shape index (κ1) is 13.6. The van der Waals surface area contributed by atoms with Gasteiger partial charge in [-0.05, 0) is 6.42 Å². The number of rotatable bonds is 3. The second-order valence-electron chi connectivity index (χ2n) is 2.85. The van der Waals surface area contributed by atoms with Crippen molar-refractivity contribution in [3.05, 3.63) is 0 Å². The number of amides is 1. The zero-order valence-electron chi connectivity index (χ0n) is 7.60. The molecule has 1 aliphatic rings. The smallest absolute Gasteiger partial charge is 0.779 e. The van der Waals surface area contributed by atoms with Crippen LogP contribution in [0.2, 0.25) is 0 Å². The third-order valence-electron chi connectivity index (χ3n) is 1.82. The molecule has 1 heterocycles. The molecule has 0 saturated carbocycles. The van der Waals surface area contributed by atoms with E-state index in [4.69, 9.17) is 4.89 Å². The third-order valence-corrected chi connectivity index (χ3v) is 2.59. The fourth-order valence-corrected chi connectivity index (χ4v) is 1.68. The summed E-state index contributed by atoms with van der Waals surface area (Å²) in [6.45, 7) is 0.731. The van der Waals surface area contributed by atoms with E-state index in [0.29, 0.717) is 13.0 Å². The zero-order valence-corrected chi connectivity index (χ0v) is 10.5. The quantitative estimate of drug-likeness (QED) is 0.386. The summed E-state index contributed by atoms with van der Waals surface area (Å²) in [4.78, 5) is 31.2. The molecule has 1 unspecified atom stereocenters. The summed E-state index contributed by atoms with van der Waals surface area (Å²) in [6, 6.07) is 0. The number of carbonyl (C=O) groups is 1. The summed E-state index contributed by atoms with van der Waals surface area (Å²) >= 11 is 0. The van der Waals surface area contributed by atoms with Crippen LogP contribution in [-0.4, -0.2) is 35.0 Å². The van der Waals surface area contributed by atoms with Crippen molar-refractivity contribution in [3.63, 3.8) is 0 Å². The van der Waals surface area contributed by atoms with Gasteiger partial charge in [-0.2, -0.15) is 0 Å². The van der Waals surface area contributed by atoms with Gasteiger partial charge in [-0.3, -0.25) is 4.79 Å². The Morgan fingerprint density at radius 3 is 2.62 bits per heavy atom. The van der Waals surface area contributed by atoms with Crippen LogP contribution in [0, 0.1) is 0 Å². The van der Waals surface area contributed by atoms with Gasteiger partial charge in [0, 0.05) is 25.7 Å². The number of nitrogens with zero attached hydrogens (tertiary/aromatic N) is 1. The average Bonchev–Trinajstić information content (AvgIpc) is 2.29. The van der Waals surface area contributed by atoms with Crippen molar-refractivity contribution in [1.82, 2.24) is 4.90 Å². The third kappa shape index (κ3) is 5.15. The molecule has 1 saturated heterocycles. The molecule has 1 rings (SSSR count). The molecule has 5 nitrogen and oxygen atoms in total. The molecule has 1 amide bonds. The zero-order chi connectivity index (χ0) is 9.19. The Morgan fingerprint density at radius 1 is 1.62 bits per heavy atom. The fourth-order valence-electron chi connectivity index (χ4n) is 1.19. The van der Waals surface area contributed by atoms with Crippen molar-refractivity contribution < 1.29 is 48.7 Å². The van der Waals surface area contributed by atoms with Gasteiger partial charge in [0.25, 0.3) is 0 Å². The van der Waals surface area contributed by atoms with Gasteiger partial charge in [0.2, 0.25) is 5.91 Å². The van der Waals surface area contributed by atoms with Crippen molar-refractivity contribution in [1.29, 1.82) is 0 Å². The Labute approximate surface area is 98.9 Å². The van der Waals surface area contributed by atoms with Crippen LogP contribution in [0.15, 0.2) is 0 Å². The molecule has 0 bridgehead atoms. The molecule has 13 heavy (non-hydrogen) atoms. The van der Waals surface area contributed by atoms with Crippen molar-refractivity contribution >= 4 is 13.5 Å². The second kappa shape index (κ2) is 5.49. The summed E-state index contributed by atoms with van der Waals surface area (Å²) in [5.41, 5.74) is 0. The van der Waals surface area contributed by atoms with Gasteiger partial charge < -0.3 is 19.3 Å². The molecular weight excluding hydrogens is 204 g/mol. The van der Waals surface area contributed by atoms with E-state index in [1.54, 1.807) is 0 Å². The number of hydrogen-bond acceptors (Lipinski definition) is 3. The van der Waals surface area contributed by atoms with E-state index in [0.717, 1.165) is 6.42 Å². The van der Waals surface area contributed by atoms with E-state index in [-0.39, 0.29) is 48.2 Å². The molecule has 0 aromatic rings. The number of likely N-dealkylation sites (tertiary alicyclic amines) is 1. The van der Waals surface area contributed by atoms with E-state index in [9.17, 15) is 14.3 Å². The molecular formula is C6H11NNaO4P. The van der Waals surface area contributed by atoms with Crippen molar-refractivity contribution in [2.45, 2.75) is 12.8 Å². The topological polar surface area (TPSA) is 80.7 Å². The van der Waals surface area contributed by atoms with Crippen LogP contribution in [0.25, 0.3) is 0 Å². The van der Waals surface area contributed by atoms with Crippen LogP contribution in [0.1, 0.15) is 12.8 Å². The van der Waals surface area contributed by atoms with Gasteiger partial charge in [0.15, 0.2) is 0 Å². The predicted molar refractivity (Wildman–Crippen MR) is 40.5 cm³/mol. The maximum absolute atomic E-state index is 10.9. The van der Waals surface area contributed by atoms with Gasteiger partial charge in [0.1, 0.15) is 7.60 Å². The molecule has 0 aliphatic carbocycles. The van der Waals surface area contributed by atoms with Gasteiger partial charge in [-0.25, -0.2) is 0 Å². The van der Waals surface area contributed by atoms with Crippen LogP contribution >= 0.6 is 7.60 Å². The first-order chi connectivity index (χ1) is 5.49. The summed E-state index contributed by atoms with van der Waals surface area (Å²) in [7, 11) is -4.19.